The van der Waals surface area contributed by atoms with Crippen LogP contribution in [0.4, 0.5) is 9.59 Å². The highest BCUT2D eigenvalue weighted by molar-refractivity contribution is 5.93. The molecule has 0 spiro atoms. The minimum Gasteiger partial charge on any atom is -0.464 e. The number of nitrogens with zero attached hydrogens (tertiary/aromatic N) is 4. The Morgan fingerprint density at radius 1 is 0.725 bits per heavy atom. The van der Waals surface area contributed by atoms with E-state index in [-0.39, 0.29) is 24.5 Å². The molecule has 0 aliphatic carbocycles. The standard InChI is InChI=1S/C26H42N4O10/c1-25(2,3)39-23(35)29-15-19(31)27(13-17(29)21(33)37-7)11-9-10-12-28-14-18(22(34)38-8)30(16-20(28)32)24(36)40-26(4,5)6/h13-14,19-20,31-32H,9-12,15-16H2,1-8H3. The molecule has 0 aromatic rings. The molecular weight excluding hydrogens is 528 g/mol. The number of carbonyl (C=O) groups excluding carboxylic acids is 4. The summed E-state index contributed by atoms with van der Waals surface area (Å²) in [6, 6.07) is 0. The zero-order valence-electron chi connectivity index (χ0n) is 24.5. The number of unbranched alkanes of at least 4 members (excludes halogenated alkanes) is 1. The molecule has 0 bridgehead atoms. The molecule has 14 nitrogen and oxygen atoms in total. The molecule has 2 heterocycles. The smallest absolute Gasteiger partial charge is 0.415 e. The number of amides is 2. The molecule has 0 saturated carbocycles. The largest absolute Gasteiger partial charge is 0.464 e. The van der Waals surface area contributed by atoms with Crippen LogP contribution in [0.1, 0.15) is 54.4 Å². The maximum Gasteiger partial charge on any atom is 0.415 e. The monoisotopic (exact) mass is 570 g/mol. The minimum atomic E-state index is -1.10. The number of ether oxygens (including phenoxy) is 4. The summed E-state index contributed by atoms with van der Waals surface area (Å²) in [6.07, 6.45) is -0.0409. The number of aliphatic hydroxyl groups excluding tert-OH is 2. The molecule has 226 valence electrons. The highest BCUT2D eigenvalue weighted by atomic mass is 16.6. The summed E-state index contributed by atoms with van der Waals surface area (Å²) in [5.41, 5.74) is -1.74. The van der Waals surface area contributed by atoms with Gasteiger partial charge in [-0.25, -0.2) is 19.2 Å². The van der Waals surface area contributed by atoms with Crippen molar-refractivity contribution in [3.05, 3.63) is 23.8 Å². The zero-order valence-corrected chi connectivity index (χ0v) is 24.5. The average Bonchev–Trinajstić information content (AvgIpc) is 2.84. The van der Waals surface area contributed by atoms with Crippen LogP contribution in [-0.4, -0.2) is 118 Å². The van der Waals surface area contributed by atoms with Crippen LogP contribution in [0.5, 0.6) is 0 Å². The summed E-state index contributed by atoms with van der Waals surface area (Å²) in [5.74, 6) is -1.51. The van der Waals surface area contributed by atoms with Gasteiger partial charge in [-0.2, -0.15) is 0 Å². The lowest BCUT2D eigenvalue weighted by molar-refractivity contribution is -0.140. The predicted octanol–water partition coefficient (Wildman–Crippen LogP) is 1.54. The van der Waals surface area contributed by atoms with E-state index in [0.29, 0.717) is 25.9 Å². The minimum absolute atomic E-state index is 0.0682. The fourth-order valence-electron chi connectivity index (χ4n) is 3.89. The maximum absolute atomic E-state index is 12.6. The van der Waals surface area contributed by atoms with Crippen LogP contribution in [-0.2, 0) is 28.5 Å². The molecule has 0 fully saturated rings. The van der Waals surface area contributed by atoms with Gasteiger partial charge in [-0.1, -0.05) is 0 Å². The third-order valence-corrected chi connectivity index (χ3v) is 5.71. The molecule has 2 unspecified atom stereocenters. The van der Waals surface area contributed by atoms with Gasteiger partial charge in [0.1, 0.15) is 35.1 Å². The molecule has 2 aliphatic heterocycles. The van der Waals surface area contributed by atoms with Crippen molar-refractivity contribution in [1.29, 1.82) is 0 Å². The van der Waals surface area contributed by atoms with E-state index >= 15 is 0 Å². The number of esters is 2. The van der Waals surface area contributed by atoms with Gasteiger partial charge in [0, 0.05) is 25.5 Å². The summed E-state index contributed by atoms with van der Waals surface area (Å²) >= 11 is 0. The first-order valence-corrected chi connectivity index (χ1v) is 13.0. The molecule has 0 radical (unpaired) electrons. The molecule has 2 N–H and O–H groups in total. The Balaban J connectivity index is 2.08. The van der Waals surface area contributed by atoms with Crippen LogP contribution in [0.2, 0.25) is 0 Å². The third-order valence-electron chi connectivity index (χ3n) is 5.71. The Kier molecular flexibility index (Phi) is 10.8. The first kappa shape index (κ1) is 32.7. The van der Waals surface area contributed by atoms with E-state index in [1.165, 1.54) is 36.4 Å². The van der Waals surface area contributed by atoms with Crippen LogP contribution < -0.4 is 0 Å². The van der Waals surface area contributed by atoms with Gasteiger partial charge < -0.3 is 39.0 Å². The van der Waals surface area contributed by atoms with Crippen LogP contribution in [0.25, 0.3) is 0 Å². The second kappa shape index (κ2) is 13.2. The predicted molar refractivity (Wildman–Crippen MR) is 141 cm³/mol. The number of hydrogen-bond donors (Lipinski definition) is 2. The van der Waals surface area contributed by atoms with E-state index in [9.17, 15) is 29.4 Å². The number of β-amino-alcohol motifs (C(OH)–C–C–N with tert-alkyl or cyclic N) is 2. The Morgan fingerprint density at radius 3 is 1.32 bits per heavy atom. The van der Waals surface area contributed by atoms with E-state index in [4.69, 9.17) is 18.9 Å². The fourth-order valence-corrected chi connectivity index (χ4v) is 3.89. The van der Waals surface area contributed by atoms with Crippen molar-refractivity contribution in [3.8, 4) is 0 Å². The van der Waals surface area contributed by atoms with Crippen molar-refractivity contribution in [1.82, 2.24) is 19.6 Å². The van der Waals surface area contributed by atoms with Gasteiger partial charge >= 0.3 is 24.1 Å². The lowest BCUT2D eigenvalue weighted by Gasteiger charge is -2.39. The lowest BCUT2D eigenvalue weighted by Crippen LogP contribution is -2.52. The van der Waals surface area contributed by atoms with Crippen LogP contribution in [0.3, 0.4) is 0 Å². The topological polar surface area (TPSA) is 159 Å². The van der Waals surface area contributed by atoms with E-state index in [1.807, 2.05) is 0 Å². The molecule has 14 heteroatoms. The van der Waals surface area contributed by atoms with E-state index in [2.05, 4.69) is 0 Å². The lowest BCUT2D eigenvalue weighted by atomic mass is 10.2. The van der Waals surface area contributed by atoms with Gasteiger partial charge in [-0.3, -0.25) is 9.80 Å². The van der Waals surface area contributed by atoms with Crippen LogP contribution in [0, 0.1) is 0 Å². The molecular formula is C26H42N4O10. The van der Waals surface area contributed by atoms with Crippen molar-refractivity contribution in [2.24, 2.45) is 0 Å². The third kappa shape index (κ3) is 9.01. The SMILES string of the molecule is COC(=O)C1=CN(CCCCN2C=C(C(=O)OC)N(C(=O)OC(C)(C)C)CC2O)C(O)CN1C(=O)OC(C)(C)C. The van der Waals surface area contributed by atoms with Crippen molar-refractivity contribution in [2.45, 2.75) is 78.0 Å². The van der Waals surface area contributed by atoms with E-state index in [1.54, 1.807) is 41.5 Å². The molecule has 0 aromatic heterocycles. The summed E-state index contributed by atoms with van der Waals surface area (Å²) in [5, 5.41) is 21.3. The van der Waals surface area contributed by atoms with Crippen LogP contribution in [0.15, 0.2) is 23.8 Å². The van der Waals surface area contributed by atoms with Gasteiger partial charge in [0.05, 0.1) is 27.3 Å². The Morgan fingerprint density at radius 2 is 1.05 bits per heavy atom. The summed E-state index contributed by atoms with van der Waals surface area (Å²) in [6.45, 7) is 10.4. The van der Waals surface area contributed by atoms with Crippen LogP contribution >= 0.6 is 0 Å². The highest BCUT2D eigenvalue weighted by Gasteiger charge is 2.37. The first-order chi connectivity index (χ1) is 18.5. The van der Waals surface area contributed by atoms with E-state index in [0.717, 1.165) is 9.80 Å². The molecule has 0 saturated heterocycles. The van der Waals surface area contributed by atoms with Crippen molar-refractivity contribution < 1.29 is 48.3 Å². The molecule has 2 atom stereocenters. The maximum atomic E-state index is 12.6. The number of carbonyl (C=O) groups is 4. The second-order valence-corrected chi connectivity index (χ2v) is 11.3. The van der Waals surface area contributed by atoms with Crippen molar-refractivity contribution in [3.63, 3.8) is 0 Å². The van der Waals surface area contributed by atoms with Gasteiger partial charge in [-0.05, 0) is 54.4 Å². The molecule has 2 amide bonds. The highest BCUT2D eigenvalue weighted by Crippen LogP contribution is 2.24. The Bertz CT molecular complexity index is 934. The number of hydrogen-bond acceptors (Lipinski definition) is 12. The zero-order chi connectivity index (χ0) is 30.4. The number of rotatable bonds is 7. The normalized spacial score (nSPS) is 19.9. The summed E-state index contributed by atoms with van der Waals surface area (Å²) in [4.78, 5) is 55.1. The van der Waals surface area contributed by atoms with Gasteiger partial charge in [0.2, 0.25) is 0 Å². The molecule has 2 rings (SSSR count). The number of methoxy groups -OCH3 is 2. The Labute approximate surface area is 234 Å². The Hall–Kier alpha value is -3.52. The molecule has 0 aromatic carbocycles. The van der Waals surface area contributed by atoms with Crippen molar-refractivity contribution >= 4 is 24.1 Å². The average molecular weight is 571 g/mol. The quantitative estimate of drug-likeness (QED) is 0.259. The number of aliphatic hydroxyl groups is 2. The molecule has 2 aliphatic rings. The second-order valence-electron chi connectivity index (χ2n) is 11.3. The molecule has 40 heavy (non-hydrogen) atoms. The first-order valence-electron chi connectivity index (χ1n) is 13.0. The van der Waals surface area contributed by atoms with Crippen molar-refractivity contribution in [2.75, 3.05) is 40.4 Å². The van der Waals surface area contributed by atoms with Gasteiger partial charge in [0.15, 0.2) is 0 Å². The summed E-state index contributed by atoms with van der Waals surface area (Å²) < 4.78 is 20.3. The summed E-state index contributed by atoms with van der Waals surface area (Å²) in [7, 11) is 2.38. The van der Waals surface area contributed by atoms with Gasteiger partial charge in [-0.15, -0.1) is 0 Å². The van der Waals surface area contributed by atoms with Gasteiger partial charge in [0.25, 0.3) is 0 Å². The van der Waals surface area contributed by atoms with E-state index < -0.39 is 47.8 Å². The fraction of sp³-hybridized carbons (Fsp3) is 0.692.